The number of nitrogens with zero attached hydrogens (tertiary/aromatic N) is 1. The summed E-state index contributed by atoms with van der Waals surface area (Å²) in [6, 6.07) is 4.21. The zero-order valence-electron chi connectivity index (χ0n) is 11.4. The molecule has 0 aliphatic carbocycles. The highest BCUT2D eigenvalue weighted by molar-refractivity contribution is 9.10. The molecule has 110 valence electrons. The van der Waals surface area contributed by atoms with Crippen LogP contribution in [0.4, 0.5) is 4.39 Å². The molecule has 1 amide bonds. The van der Waals surface area contributed by atoms with Crippen molar-refractivity contribution in [3.05, 3.63) is 34.1 Å². The molecule has 0 aromatic heterocycles. The van der Waals surface area contributed by atoms with Gasteiger partial charge in [0.05, 0.1) is 5.56 Å². The monoisotopic (exact) mass is 345 g/mol. The molecular weight excluding hydrogens is 329 g/mol. The largest absolute Gasteiger partial charge is 0.481 e. The fourth-order valence-electron chi connectivity index (χ4n) is 1.84. The standard InChI is InChI=1S/C14H17BrFNO3/c1-9(2)17(8-4-7-12(18)19)14(20)13-10(15)5-3-6-11(13)16/h3,5-6,9H,4,7-8H2,1-2H3,(H,18,19). The molecule has 6 heteroatoms. The second-order valence-corrected chi connectivity index (χ2v) is 5.54. The average Bonchev–Trinajstić information content (AvgIpc) is 2.33. The number of carboxylic acids is 1. The van der Waals surface area contributed by atoms with E-state index in [1.54, 1.807) is 6.07 Å². The van der Waals surface area contributed by atoms with Crippen LogP contribution >= 0.6 is 15.9 Å². The molecule has 0 bridgehead atoms. The van der Waals surface area contributed by atoms with Gasteiger partial charge in [-0.3, -0.25) is 9.59 Å². The Kier molecular flexibility index (Phi) is 6.13. The molecule has 1 rings (SSSR count). The number of rotatable bonds is 6. The van der Waals surface area contributed by atoms with Gasteiger partial charge >= 0.3 is 5.97 Å². The maximum absolute atomic E-state index is 13.8. The van der Waals surface area contributed by atoms with E-state index in [0.29, 0.717) is 10.9 Å². The zero-order valence-corrected chi connectivity index (χ0v) is 13.0. The SMILES string of the molecule is CC(C)N(CCCC(=O)O)C(=O)c1c(F)cccc1Br. The lowest BCUT2D eigenvalue weighted by atomic mass is 10.1. The minimum absolute atomic E-state index is 0.0171. The highest BCUT2D eigenvalue weighted by Crippen LogP contribution is 2.22. The summed E-state index contributed by atoms with van der Waals surface area (Å²) < 4.78 is 14.2. The topological polar surface area (TPSA) is 57.6 Å². The van der Waals surface area contributed by atoms with Crippen LogP contribution in [0, 0.1) is 5.82 Å². The minimum atomic E-state index is -0.909. The molecule has 1 aromatic rings. The smallest absolute Gasteiger partial charge is 0.303 e. The van der Waals surface area contributed by atoms with Crippen molar-refractivity contribution in [2.75, 3.05) is 6.54 Å². The first-order valence-electron chi connectivity index (χ1n) is 6.31. The molecule has 0 saturated carbocycles. The average molecular weight is 346 g/mol. The Labute approximate surface area is 125 Å². The van der Waals surface area contributed by atoms with Crippen LogP contribution in [0.25, 0.3) is 0 Å². The first-order valence-corrected chi connectivity index (χ1v) is 7.10. The van der Waals surface area contributed by atoms with Gasteiger partial charge in [-0.15, -0.1) is 0 Å². The van der Waals surface area contributed by atoms with Crippen LogP contribution in [-0.4, -0.2) is 34.5 Å². The predicted octanol–water partition coefficient (Wildman–Crippen LogP) is 3.30. The Hall–Kier alpha value is -1.43. The number of halogens is 2. The number of amides is 1. The molecule has 0 heterocycles. The van der Waals surface area contributed by atoms with Gasteiger partial charge in [0.2, 0.25) is 0 Å². The van der Waals surface area contributed by atoms with E-state index < -0.39 is 17.7 Å². The van der Waals surface area contributed by atoms with Gasteiger partial charge in [-0.1, -0.05) is 6.07 Å². The molecule has 0 saturated heterocycles. The van der Waals surface area contributed by atoms with Crippen LogP contribution in [0.5, 0.6) is 0 Å². The van der Waals surface area contributed by atoms with Gasteiger partial charge in [0.15, 0.2) is 0 Å². The third-order valence-corrected chi connectivity index (χ3v) is 3.51. The molecule has 1 N–H and O–H groups in total. The minimum Gasteiger partial charge on any atom is -0.481 e. The Balaban J connectivity index is 2.91. The summed E-state index contributed by atoms with van der Waals surface area (Å²) in [6.07, 6.45) is 0.320. The Morgan fingerprint density at radius 1 is 1.40 bits per heavy atom. The van der Waals surface area contributed by atoms with Crippen molar-refractivity contribution in [3.8, 4) is 0 Å². The second kappa shape index (κ2) is 7.38. The molecule has 0 unspecified atom stereocenters. The van der Waals surface area contributed by atoms with Crippen molar-refractivity contribution >= 4 is 27.8 Å². The quantitative estimate of drug-likeness (QED) is 0.860. The van der Waals surface area contributed by atoms with Gasteiger partial charge in [0.1, 0.15) is 5.82 Å². The maximum Gasteiger partial charge on any atom is 0.303 e. The van der Waals surface area contributed by atoms with Crippen LogP contribution in [-0.2, 0) is 4.79 Å². The highest BCUT2D eigenvalue weighted by atomic mass is 79.9. The van der Waals surface area contributed by atoms with E-state index in [1.807, 2.05) is 13.8 Å². The molecule has 20 heavy (non-hydrogen) atoms. The van der Waals surface area contributed by atoms with Crippen molar-refractivity contribution < 1.29 is 19.1 Å². The van der Waals surface area contributed by atoms with E-state index in [0.717, 1.165) is 0 Å². The molecule has 4 nitrogen and oxygen atoms in total. The fraction of sp³-hybridized carbons (Fsp3) is 0.429. The van der Waals surface area contributed by atoms with Gasteiger partial charge < -0.3 is 10.0 Å². The normalized spacial score (nSPS) is 10.7. The van der Waals surface area contributed by atoms with Crippen LogP contribution in [0.1, 0.15) is 37.0 Å². The van der Waals surface area contributed by atoms with E-state index in [4.69, 9.17) is 5.11 Å². The van der Waals surface area contributed by atoms with E-state index in [-0.39, 0.29) is 24.6 Å². The molecule has 1 aromatic carbocycles. The molecular formula is C14H17BrFNO3. The number of hydrogen-bond acceptors (Lipinski definition) is 2. The van der Waals surface area contributed by atoms with E-state index in [9.17, 15) is 14.0 Å². The molecule has 0 aliphatic heterocycles. The van der Waals surface area contributed by atoms with Gasteiger partial charge in [-0.2, -0.15) is 0 Å². The van der Waals surface area contributed by atoms with Crippen molar-refractivity contribution in [1.29, 1.82) is 0 Å². The van der Waals surface area contributed by atoms with Gasteiger partial charge in [-0.25, -0.2) is 4.39 Å². The molecule has 0 fully saturated rings. The van der Waals surface area contributed by atoms with Gasteiger partial charge in [0, 0.05) is 23.5 Å². The van der Waals surface area contributed by atoms with Gasteiger partial charge in [0.25, 0.3) is 5.91 Å². The van der Waals surface area contributed by atoms with Crippen molar-refractivity contribution in [1.82, 2.24) is 4.90 Å². The molecule has 0 aliphatic rings. The number of carbonyl (C=O) groups excluding carboxylic acids is 1. The van der Waals surface area contributed by atoms with Crippen LogP contribution in [0.15, 0.2) is 22.7 Å². The molecule has 0 radical (unpaired) electrons. The number of carboxylic acid groups (broad SMARTS) is 1. The first kappa shape index (κ1) is 16.6. The summed E-state index contributed by atoms with van der Waals surface area (Å²) >= 11 is 3.17. The summed E-state index contributed by atoms with van der Waals surface area (Å²) in [5, 5.41) is 8.64. The van der Waals surface area contributed by atoms with E-state index in [1.165, 1.54) is 17.0 Å². The lowest BCUT2D eigenvalue weighted by molar-refractivity contribution is -0.137. The zero-order chi connectivity index (χ0) is 15.3. The Morgan fingerprint density at radius 2 is 2.05 bits per heavy atom. The molecule has 0 atom stereocenters. The summed E-state index contributed by atoms with van der Waals surface area (Å²) in [7, 11) is 0. The Morgan fingerprint density at radius 3 is 2.55 bits per heavy atom. The van der Waals surface area contributed by atoms with Crippen molar-refractivity contribution in [2.45, 2.75) is 32.7 Å². The highest BCUT2D eigenvalue weighted by Gasteiger charge is 2.23. The first-order chi connectivity index (χ1) is 9.34. The summed E-state index contributed by atoms with van der Waals surface area (Å²) in [5.74, 6) is -1.93. The van der Waals surface area contributed by atoms with Crippen LogP contribution in [0.3, 0.4) is 0 Å². The second-order valence-electron chi connectivity index (χ2n) is 4.69. The van der Waals surface area contributed by atoms with Crippen LogP contribution < -0.4 is 0 Å². The summed E-state index contributed by atoms with van der Waals surface area (Å²) in [4.78, 5) is 24.4. The molecule has 0 spiro atoms. The lowest BCUT2D eigenvalue weighted by Crippen LogP contribution is -2.38. The lowest BCUT2D eigenvalue weighted by Gasteiger charge is -2.27. The third kappa shape index (κ3) is 4.30. The van der Waals surface area contributed by atoms with Crippen molar-refractivity contribution in [3.63, 3.8) is 0 Å². The van der Waals surface area contributed by atoms with Crippen molar-refractivity contribution in [2.24, 2.45) is 0 Å². The number of hydrogen-bond donors (Lipinski definition) is 1. The van der Waals surface area contributed by atoms with E-state index in [2.05, 4.69) is 15.9 Å². The summed E-state index contributed by atoms with van der Waals surface area (Å²) in [6.45, 7) is 3.91. The van der Waals surface area contributed by atoms with Crippen LogP contribution in [0.2, 0.25) is 0 Å². The fourth-order valence-corrected chi connectivity index (χ4v) is 2.35. The van der Waals surface area contributed by atoms with Gasteiger partial charge in [-0.05, 0) is 48.3 Å². The number of benzene rings is 1. The Bertz CT molecular complexity index is 485. The van der Waals surface area contributed by atoms with E-state index >= 15 is 0 Å². The predicted molar refractivity (Wildman–Crippen MR) is 77.1 cm³/mol. The maximum atomic E-state index is 13.8. The third-order valence-electron chi connectivity index (χ3n) is 2.85. The number of carbonyl (C=O) groups is 2. The number of aliphatic carboxylic acids is 1. The summed E-state index contributed by atoms with van der Waals surface area (Å²) in [5.41, 5.74) is -0.0171.